The molecule has 2 heterocycles. The van der Waals surface area contributed by atoms with Crippen molar-refractivity contribution < 1.29 is 4.39 Å². The highest BCUT2D eigenvalue weighted by atomic mass is 32.1. The molecule has 3 aromatic carbocycles. The van der Waals surface area contributed by atoms with Gasteiger partial charge in [0.2, 0.25) is 0 Å². The SMILES string of the molecule is Cc1c(CC(C)(C)CF)ccc2c1sc1c(-c3cc(C(C)(C)C)c4ccccc4c3)nccc12. The van der Waals surface area contributed by atoms with Crippen molar-refractivity contribution in [3.63, 3.8) is 0 Å². The second kappa shape index (κ2) is 8.16. The molecule has 3 heteroatoms. The molecule has 0 radical (unpaired) electrons. The zero-order valence-electron chi connectivity index (χ0n) is 20.9. The number of nitrogens with zero attached hydrogens (tertiary/aromatic N) is 1. The molecular formula is C31H32FNS. The van der Waals surface area contributed by atoms with Gasteiger partial charge >= 0.3 is 0 Å². The van der Waals surface area contributed by atoms with Crippen molar-refractivity contribution >= 4 is 42.3 Å². The van der Waals surface area contributed by atoms with E-state index >= 15 is 0 Å². The van der Waals surface area contributed by atoms with Crippen molar-refractivity contribution in [2.75, 3.05) is 6.67 Å². The van der Waals surface area contributed by atoms with E-state index in [2.05, 4.69) is 82.3 Å². The molecule has 0 saturated heterocycles. The van der Waals surface area contributed by atoms with Crippen molar-refractivity contribution in [3.05, 3.63) is 77.5 Å². The first-order valence-electron chi connectivity index (χ1n) is 12.0. The molecule has 0 saturated carbocycles. The largest absolute Gasteiger partial charge is 0.255 e. The van der Waals surface area contributed by atoms with Crippen LogP contribution in [0.25, 0.3) is 42.2 Å². The molecule has 2 aromatic heterocycles. The molecule has 0 spiro atoms. The Morgan fingerprint density at radius 2 is 1.59 bits per heavy atom. The maximum Gasteiger partial charge on any atom is 0.0948 e. The Kier molecular flexibility index (Phi) is 5.52. The number of hydrogen-bond acceptors (Lipinski definition) is 2. The lowest BCUT2D eigenvalue weighted by Gasteiger charge is -2.22. The monoisotopic (exact) mass is 469 g/mol. The van der Waals surface area contributed by atoms with Crippen LogP contribution in [0.3, 0.4) is 0 Å². The maximum atomic E-state index is 13.5. The molecule has 0 bridgehead atoms. The van der Waals surface area contributed by atoms with Gasteiger partial charge in [-0.2, -0.15) is 0 Å². The van der Waals surface area contributed by atoms with E-state index in [9.17, 15) is 4.39 Å². The van der Waals surface area contributed by atoms with Crippen LogP contribution in [0.5, 0.6) is 0 Å². The molecule has 0 unspecified atom stereocenters. The van der Waals surface area contributed by atoms with Gasteiger partial charge in [-0.1, -0.05) is 71.0 Å². The molecule has 174 valence electrons. The van der Waals surface area contributed by atoms with Crippen LogP contribution in [0.2, 0.25) is 0 Å². The summed E-state index contributed by atoms with van der Waals surface area (Å²) in [6.07, 6.45) is 2.68. The third kappa shape index (κ3) is 3.90. The molecule has 0 aliphatic rings. The minimum atomic E-state index is -0.351. The van der Waals surface area contributed by atoms with Crippen molar-refractivity contribution in [1.29, 1.82) is 0 Å². The fraction of sp³-hybridized carbons (Fsp3) is 0.323. The molecule has 0 aliphatic heterocycles. The van der Waals surface area contributed by atoms with Gasteiger partial charge in [0, 0.05) is 27.2 Å². The van der Waals surface area contributed by atoms with Crippen LogP contribution in [0, 0.1) is 12.3 Å². The number of fused-ring (bicyclic) bond motifs is 4. The van der Waals surface area contributed by atoms with Crippen LogP contribution in [0.15, 0.2) is 60.8 Å². The number of alkyl halides is 1. The van der Waals surface area contributed by atoms with E-state index in [4.69, 9.17) is 4.98 Å². The van der Waals surface area contributed by atoms with E-state index in [0.717, 1.165) is 17.7 Å². The maximum absolute atomic E-state index is 13.5. The van der Waals surface area contributed by atoms with Gasteiger partial charge in [0.25, 0.3) is 0 Å². The number of hydrogen-bond donors (Lipinski definition) is 0. The topological polar surface area (TPSA) is 12.9 Å². The number of rotatable bonds is 4. The summed E-state index contributed by atoms with van der Waals surface area (Å²) in [7, 11) is 0. The lowest BCUT2D eigenvalue weighted by Crippen LogP contribution is -2.17. The molecular weight excluding hydrogens is 437 g/mol. The fourth-order valence-corrected chi connectivity index (χ4v) is 6.30. The standard InChI is InChI=1S/C31H32FNS/c1-19-21(17-31(5,6)18-32)11-12-24-25-13-14-33-27(29(25)34-28(19)24)22-15-20-9-7-8-10-23(20)26(16-22)30(2,3)4/h7-16H,17-18H2,1-6H3. The Morgan fingerprint density at radius 1 is 0.853 bits per heavy atom. The predicted molar refractivity (Wildman–Crippen MR) is 147 cm³/mol. The van der Waals surface area contributed by atoms with Crippen molar-refractivity contribution in [1.82, 2.24) is 4.98 Å². The van der Waals surface area contributed by atoms with Crippen LogP contribution >= 0.6 is 11.3 Å². The van der Waals surface area contributed by atoms with Crippen molar-refractivity contribution in [2.45, 2.75) is 53.4 Å². The summed E-state index contributed by atoms with van der Waals surface area (Å²) in [5, 5.41) is 5.06. The van der Waals surface area contributed by atoms with Gasteiger partial charge in [-0.3, -0.25) is 9.37 Å². The highest BCUT2D eigenvalue weighted by molar-refractivity contribution is 7.26. The van der Waals surface area contributed by atoms with Crippen LogP contribution in [0.4, 0.5) is 4.39 Å². The molecule has 5 rings (SSSR count). The number of halogens is 1. The number of pyridine rings is 1. The molecule has 0 fully saturated rings. The summed E-state index contributed by atoms with van der Waals surface area (Å²) >= 11 is 1.82. The molecule has 0 amide bonds. The summed E-state index contributed by atoms with van der Waals surface area (Å²) in [4.78, 5) is 4.89. The Morgan fingerprint density at radius 3 is 2.32 bits per heavy atom. The van der Waals surface area contributed by atoms with E-state index in [1.807, 2.05) is 31.4 Å². The Hall–Kier alpha value is -2.78. The number of aromatic nitrogens is 1. The highest BCUT2D eigenvalue weighted by Crippen LogP contribution is 2.43. The lowest BCUT2D eigenvalue weighted by molar-refractivity contribution is 0.256. The van der Waals surface area contributed by atoms with Crippen molar-refractivity contribution in [3.8, 4) is 11.3 Å². The van der Waals surface area contributed by atoms with E-state index in [1.165, 1.54) is 47.6 Å². The smallest absolute Gasteiger partial charge is 0.0948 e. The zero-order valence-corrected chi connectivity index (χ0v) is 21.7. The fourth-order valence-electron chi connectivity index (χ4n) is 4.97. The Labute approximate surface area is 205 Å². The second-order valence-corrected chi connectivity index (χ2v) is 12.4. The van der Waals surface area contributed by atoms with Crippen molar-refractivity contribution in [2.24, 2.45) is 5.41 Å². The molecule has 0 N–H and O–H groups in total. The quantitative estimate of drug-likeness (QED) is 0.255. The summed E-state index contributed by atoms with van der Waals surface area (Å²) in [6.45, 7) is 12.7. The highest BCUT2D eigenvalue weighted by Gasteiger charge is 2.22. The van der Waals surface area contributed by atoms with Crippen LogP contribution < -0.4 is 0 Å². The third-order valence-electron chi connectivity index (χ3n) is 6.89. The number of thiophene rings is 1. The van der Waals surface area contributed by atoms with Crippen LogP contribution in [-0.4, -0.2) is 11.7 Å². The van der Waals surface area contributed by atoms with Gasteiger partial charge < -0.3 is 0 Å². The van der Waals surface area contributed by atoms with E-state index in [-0.39, 0.29) is 17.5 Å². The molecule has 0 aliphatic carbocycles. The molecule has 1 nitrogen and oxygen atoms in total. The van der Waals surface area contributed by atoms with E-state index in [0.29, 0.717) is 0 Å². The minimum absolute atomic E-state index is 0.0262. The average Bonchev–Trinajstić information content (AvgIpc) is 3.19. The summed E-state index contributed by atoms with van der Waals surface area (Å²) in [5.41, 5.74) is 5.72. The summed E-state index contributed by atoms with van der Waals surface area (Å²) in [6, 6.07) is 19.8. The molecule has 5 aromatic rings. The Balaban J connectivity index is 1.75. The zero-order chi connectivity index (χ0) is 24.3. The average molecular weight is 470 g/mol. The first-order valence-corrected chi connectivity index (χ1v) is 12.8. The minimum Gasteiger partial charge on any atom is -0.255 e. The normalized spacial score (nSPS) is 12.8. The van der Waals surface area contributed by atoms with Gasteiger partial charge in [-0.05, 0) is 69.8 Å². The first kappa shape index (κ1) is 23.0. The Bertz CT molecular complexity index is 1530. The number of benzene rings is 3. The van der Waals surface area contributed by atoms with Gasteiger partial charge in [0.1, 0.15) is 0 Å². The van der Waals surface area contributed by atoms with Crippen LogP contribution in [-0.2, 0) is 11.8 Å². The van der Waals surface area contributed by atoms with E-state index in [1.54, 1.807) is 0 Å². The lowest BCUT2D eigenvalue weighted by atomic mass is 9.82. The number of aryl methyl sites for hydroxylation is 1. The van der Waals surface area contributed by atoms with E-state index < -0.39 is 0 Å². The van der Waals surface area contributed by atoms with Crippen LogP contribution in [0.1, 0.15) is 51.3 Å². The summed E-state index contributed by atoms with van der Waals surface area (Å²) in [5.74, 6) is 0. The summed E-state index contributed by atoms with van der Waals surface area (Å²) < 4.78 is 16.0. The van der Waals surface area contributed by atoms with Gasteiger partial charge in [-0.25, -0.2) is 0 Å². The molecule has 0 atom stereocenters. The van der Waals surface area contributed by atoms with Gasteiger partial charge in [-0.15, -0.1) is 11.3 Å². The predicted octanol–water partition coefficient (Wildman–Crippen LogP) is 9.41. The second-order valence-electron chi connectivity index (χ2n) is 11.3. The van der Waals surface area contributed by atoms with Gasteiger partial charge in [0.05, 0.1) is 17.1 Å². The van der Waals surface area contributed by atoms with Gasteiger partial charge in [0.15, 0.2) is 0 Å². The third-order valence-corrected chi connectivity index (χ3v) is 8.24. The molecule has 34 heavy (non-hydrogen) atoms. The first-order chi connectivity index (χ1) is 16.1.